The summed E-state index contributed by atoms with van der Waals surface area (Å²) in [7, 11) is -0.934. The molecule has 0 fully saturated rings. The van der Waals surface area contributed by atoms with Crippen molar-refractivity contribution in [2.75, 3.05) is 18.8 Å². The summed E-state index contributed by atoms with van der Waals surface area (Å²) in [6.07, 6.45) is 0. The lowest BCUT2D eigenvalue weighted by Gasteiger charge is -2.08. The first kappa shape index (κ1) is 19.1. The Hall–Kier alpha value is -2.27. The zero-order chi connectivity index (χ0) is 18.8. The van der Waals surface area contributed by atoms with Gasteiger partial charge in [0, 0.05) is 20.2 Å². The van der Waals surface area contributed by atoms with E-state index in [1.807, 2.05) is 0 Å². The fraction of sp³-hybridized carbons (Fsp3) is 0.286. The molecule has 25 heavy (non-hydrogen) atoms. The molecular weight excluding hydrogens is 376 g/mol. The van der Waals surface area contributed by atoms with Gasteiger partial charge in [0.05, 0.1) is 10.6 Å². The highest BCUT2D eigenvalue weighted by Crippen LogP contribution is 2.27. The van der Waals surface area contributed by atoms with Crippen LogP contribution in [0.1, 0.15) is 15.4 Å². The van der Waals surface area contributed by atoms with Crippen LogP contribution in [0.3, 0.4) is 0 Å². The zero-order valence-corrected chi connectivity index (χ0v) is 15.1. The molecule has 0 unspecified atom stereocenters. The van der Waals surface area contributed by atoms with Gasteiger partial charge >= 0.3 is 6.61 Å². The van der Waals surface area contributed by atoms with E-state index in [-0.39, 0.29) is 21.7 Å². The Morgan fingerprint density at radius 2 is 2.04 bits per heavy atom. The van der Waals surface area contributed by atoms with Gasteiger partial charge in [0.15, 0.2) is 5.13 Å². The molecule has 7 nitrogen and oxygen atoms in total. The van der Waals surface area contributed by atoms with Crippen LogP contribution in [-0.4, -0.2) is 44.9 Å². The highest BCUT2D eigenvalue weighted by Gasteiger charge is 2.21. The monoisotopic (exact) mass is 391 g/mol. The van der Waals surface area contributed by atoms with Gasteiger partial charge in [-0.05, 0) is 19.1 Å². The van der Waals surface area contributed by atoms with E-state index in [2.05, 4.69) is 14.4 Å². The molecule has 11 heteroatoms. The van der Waals surface area contributed by atoms with Crippen molar-refractivity contribution in [3.8, 4) is 5.75 Å². The average Bonchev–Trinajstić information content (AvgIpc) is 2.85. The molecule has 1 heterocycles. The predicted octanol–water partition coefficient (Wildman–Crippen LogP) is 2.56. The standard InChI is InChI=1S/C14H15F2N3O4S2/c1-8-11(12(20)19(2)3)24-14(17-8)18-25(21,22)10-6-4-5-9(7-10)23-13(15)16/h4-7,13H,1-3H3,(H,17,18). The third-order valence-corrected chi connectivity index (χ3v) is 5.49. The molecule has 1 aromatic carbocycles. The van der Waals surface area contributed by atoms with E-state index in [9.17, 15) is 22.0 Å². The lowest BCUT2D eigenvalue weighted by molar-refractivity contribution is -0.0499. The van der Waals surface area contributed by atoms with Crippen LogP contribution in [0, 0.1) is 6.92 Å². The van der Waals surface area contributed by atoms with Gasteiger partial charge in [-0.1, -0.05) is 17.4 Å². The average molecular weight is 391 g/mol. The van der Waals surface area contributed by atoms with Crippen LogP contribution in [0.4, 0.5) is 13.9 Å². The van der Waals surface area contributed by atoms with Gasteiger partial charge in [-0.25, -0.2) is 13.4 Å². The Labute approximate surface area is 147 Å². The number of sulfonamides is 1. The summed E-state index contributed by atoms with van der Waals surface area (Å²) in [5.41, 5.74) is 0.385. The summed E-state index contributed by atoms with van der Waals surface area (Å²) >= 11 is 0.888. The number of carbonyl (C=O) groups is 1. The molecule has 0 aliphatic rings. The maximum absolute atomic E-state index is 12.4. The Kier molecular flexibility index (Phi) is 5.58. The molecule has 0 aliphatic heterocycles. The summed E-state index contributed by atoms with van der Waals surface area (Å²) in [5.74, 6) is -0.579. The van der Waals surface area contributed by atoms with Crippen molar-refractivity contribution in [3.63, 3.8) is 0 Å². The van der Waals surface area contributed by atoms with E-state index in [1.54, 1.807) is 21.0 Å². The first-order valence-electron chi connectivity index (χ1n) is 6.87. The van der Waals surface area contributed by atoms with Crippen LogP contribution >= 0.6 is 11.3 Å². The Morgan fingerprint density at radius 1 is 1.36 bits per heavy atom. The largest absolute Gasteiger partial charge is 0.435 e. The fourth-order valence-corrected chi connectivity index (χ4v) is 4.09. The van der Waals surface area contributed by atoms with Crippen molar-refractivity contribution < 1.29 is 26.7 Å². The van der Waals surface area contributed by atoms with Gasteiger partial charge in [0.2, 0.25) is 0 Å². The number of aryl methyl sites for hydroxylation is 1. The van der Waals surface area contributed by atoms with Crippen LogP contribution in [-0.2, 0) is 10.0 Å². The van der Waals surface area contributed by atoms with Crippen molar-refractivity contribution in [1.82, 2.24) is 9.88 Å². The SMILES string of the molecule is Cc1nc(NS(=O)(=O)c2cccc(OC(F)F)c2)sc1C(=O)N(C)C. The number of rotatable bonds is 6. The summed E-state index contributed by atoms with van der Waals surface area (Å²) in [6.45, 7) is -1.48. The van der Waals surface area contributed by atoms with Crippen LogP contribution < -0.4 is 9.46 Å². The van der Waals surface area contributed by atoms with Gasteiger partial charge in [-0.15, -0.1) is 0 Å². The van der Waals surface area contributed by atoms with Crippen molar-refractivity contribution >= 4 is 32.4 Å². The number of thiazole rings is 1. The van der Waals surface area contributed by atoms with E-state index in [0.717, 1.165) is 17.4 Å². The van der Waals surface area contributed by atoms with Gasteiger partial charge in [0.1, 0.15) is 10.6 Å². The van der Waals surface area contributed by atoms with Crippen molar-refractivity contribution in [1.29, 1.82) is 0 Å². The van der Waals surface area contributed by atoms with E-state index < -0.39 is 16.6 Å². The Bertz CT molecular complexity index is 882. The van der Waals surface area contributed by atoms with E-state index in [0.29, 0.717) is 10.6 Å². The van der Waals surface area contributed by atoms with Crippen LogP contribution in [0.2, 0.25) is 0 Å². The van der Waals surface area contributed by atoms with Gasteiger partial charge in [-0.2, -0.15) is 8.78 Å². The number of amides is 1. The molecule has 0 saturated carbocycles. The van der Waals surface area contributed by atoms with Crippen molar-refractivity contribution in [3.05, 3.63) is 34.8 Å². The number of benzene rings is 1. The smallest absolute Gasteiger partial charge is 0.387 e. The number of anilines is 1. The second-order valence-corrected chi connectivity index (χ2v) is 7.77. The summed E-state index contributed by atoms with van der Waals surface area (Å²) in [4.78, 5) is 17.4. The molecule has 1 aromatic heterocycles. The minimum absolute atomic E-state index is 0.00267. The molecule has 2 rings (SSSR count). The molecule has 0 saturated heterocycles. The molecule has 1 N–H and O–H groups in total. The highest BCUT2D eigenvalue weighted by atomic mass is 32.2. The number of ether oxygens (including phenoxy) is 1. The molecule has 0 spiro atoms. The number of nitrogens with zero attached hydrogens (tertiary/aromatic N) is 2. The third kappa shape index (κ3) is 4.63. The van der Waals surface area contributed by atoms with Crippen molar-refractivity contribution in [2.45, 2.75) is 18.4 Å². The van der Waals surface area contributed by atoms with Gasteiger partial charge in [0.25, 0.3) is 15.9 Å². The normalized spacial score (nSPS) is 11.4. The van der Waals surface area contributed by atoms with Gasteiger partial charge < -0.3 is 9.64 Å². The van der Waals surface area contributed by atoms with Crippen LogP contribution in [0.5, 0.6) is 5.75 Å². The second kappa shape index (κ2) is 7.31. The number of halogens is 2. The predicted molar refractivity (Wildman–Crippen MR) is 88.8 cm³/mol. The van der Waals surface area contributed by atoms with Gasteiger partial charge in [-0.3, -0.25) is 9.52 Å². The van der Waals surface area contributed by atoms with Crippen LogP contribution in [0.15, 0.2) is 29.2 Å². The zero-order valence-electron chi connectivity index (χ0n) is 13.5. The summed E-state index contributed by atoms with van der Waals surface area (Å²) in [6, 6.07) is 4.70. The quantitative estimate of drug-likeness (QED) is 0.818. The molecule has 136 valence electrons. The fourth-order valence-electron chi connectivity index (χ4n) is 1.83. The minimum atomic E-state index is -4.07. The maximum Gasteiger partial charge on any atom is 0.387 e. The first-order valence-corrected chi connectivity index (χ1v) is 9.17. The van der Waals surface area contributed by atoms with E-state index >= 15 is 0 Å². The number of nitrogens with one attached hydrogen (secondary N) is 1. The Balaban J connectivity index is 2.28. The number of alkyl halides is 2. The number of hydrogen-bond acceptors (Lipinski definition) is 6. The maximum atomic E-state index is 12.4. The molecular formula is C14H15F2N3O4S2. The third-order valence-electron chi connectivity index (χ3n) is 2.96. The summed E-state index contributed by atoms with van der Waals surface area (Å²) in [5, 5.41) is 0.00267. The van der Waals surface area contributed by atoms with Crippen LogP contribution in [0.25, 0.3) is 0 Å². The minimum Gasteiger partial charge on any atom is -0.435 e. The van der Waals surface area contributed by atoms with E-state index in [1.165, 1.54) is 23.1 Å². The topological polar surface area (TPSA) is 88.6 Å². The number of carbonyl (C=O) groups excluding carboxylic acids is 1. The molecule has 1 amide bonds. The summed E-state index contributed by atoms with van der Waals surface area (Å²) < 4.78 is 55.7. The van der Waals surface area contributed by atoms with E-state index in [4.69, 9.17) is 0 Å². The number of aromatic nitrogens is 1. The molecule has 0 radical (unpaired) electrons. The number of hydrogen-bond donors (Lipinski definition) is 1. The highest BCUT2D eigenvalue weighted by molar-refractivity contribution is 7.93. The molecule has 2 aromatic rings. The lowest BCUT2D eigenvalue weighted by atomic mass is 10.3. The lowest BCUT2D eigenvalue weighted by Crippen LogP contribution is -2.21. The first-order chi connectivity index (χ1) is 11.6. The Morgan fingerprint density at radius 3 is 2.64 bits per heavy atom. The second-order valence-electron chi connectivity index (χ2n) is 5.09. The molecule has 0 aliphatic carbocycles. The molecule has 0 atom stereocenters. The van der Waals surface area contributed by atoms with Crippen molar-refractivity contribution in [2.24, 2.45) is 0 Å². The molecule has 0 bridgehead atoms.